The van der Waals surface area contributed by atoms with E-state index in [9.17, 15) is 9.18 Å². The summed E-state index contributed by atoms with van der Waals surface area (Å²) in [5.41, 5.74) is 2.33. The number of rotatable bonds is 4. The Labute approximate surface area is 139 Å². The fourth-order valence-corrected chi connectivity index (χ4v) is 2.29. The van der Waals surface area contributed by atoms with Crippen molar-refractivity contribution in [1.29, 1.82) is 0 Å². The lowest BCUT2D eigenvalue weighted by Gasteiger charge is -2.08. The molecule has 4 nitrogen and oxygen atoms in total. The minimum Gasteiger partial charge on any atom is -0.307 e. The molecule has 1 amide bonds. The first kappa shape index (κ1) is 15.7. The van der Waals surface area contributed by atoms with E-state index in [1.807, 2.05) is 37.3 Å². The number of carbonyl (C=O) groups is 1. The van der Waals surface area contributed by atoms with E-state index in [-0.39, 0.29) is 11.7 Å². The maximum Gasteiger partial charge on any atom is 0.249 e. The molecular formula is C19H16FN3O. The Morgan fingerprint density at radius 1 is 1.17 bits per heavy atom. The lowest BCUT2D eigenvalue weighted by molar-refractivity contribution is -0.111. The zero-order valence-electron chi connectivity index (χ0n) is 13.1. The molecule has 0 aliphatic heterocycles. The van der Waals surface area contributed by atoms with Crippen molar-refractivity contribution in [2.75, 3.05) is 5.32 Å². The van der Waals surface area contributed by atoms with Gasteiger partial charge in [0.15, 0.2) is 0 Å². The monoisotopic (exact) mass is 321 g/mol. The third-order valence-electron chi connectivity index (χ3n) is 3.47. The SMILES string of the molecule is Cc1cnn(-c2ccccc2)c1NC(=O)C=Cc1cccc(F)c1. The van der Waals surface area contributed by atoms with Gasteiger partial charge in [0, 0.05) is 11.6 Å². The summed E-state index contributed by atoms with van der Waals surface area (Å²) in [4.78, 5) is 12.2. The molecule has 0 fully saturated rings. The topological polar surface area (TPSA) is 46.9 Å². The number of halogens is 1. The normalized spacial score (nSPS) is 10.9. The van der Waals surface area contributed by atoms with Gasteiger partial charge in [0.25, 0.3) is 0 Å². The van der Waals surface area contributed by atoms with Crippen molar-refractivity contribution in [3.63, 3.8) is 0 Å². The summed E-state index contributed by atoms with van der Waals surface area (Å²) < 4.78 is 14.8. The predicted octanol–water partition coefficient (Wildman–Crippen LogP) is 3.97. The van der Waals surface area contributed by atoms with Crippen LogP contribution in [0, 0.1) is 12.7 Å². The van der Waals surface area contributed by atoms with Crippen LogP contribution < -0.4 is 5.32 Å². The first-order valence-electron chi connectivity index (χ1n) is 7.48. The van der Waals surface area contributed by atoms with E-state index >= 15 is 0 Å². The van der Waals surface area contributed by atoms with Gasteiger partial charge in [-0.2, -0.15) is 5.10 Å². The second-order valence-electron chi connectivity index (χ2n) is 5.30. The molecule has 120 valence electrons. The molecule has 0 unspecified atom stereocenters. The number of benzene rings is 2. The number of carbonyl (C=O) groups excluding carboxylic acids is 1. The van der Waals surface area contributed by atoms with Gasteiger partial charge in [-0.15, -0.1) is 0 Å². The number of anilines is 1. The summed E-state index contributed by atoms with van der Waals surface area (Å²) in [6, 6.07) is 15.6. The van der Waals surface area contributed by atoms with Crippen LogP contribution in [0.25, 0.3) is 11.8 Å². The summed E-state index contributed by atoms with van der Waals surface area (Å²) in [5.74, 6) is -0.0364. The average molecular weight is 321 g/mol. The summed E-state index contributed by atoms with van der Waals surface area (Å²) in [6.45, 7) is 1.87. The molecule has 5 heteroatoms. The van der Waals surface area contributed by atoms with E-state index in [4.69, 9.17) is 0 Å². The van der Waals surface area contributed by atoms with E-state index in [0.717, 1.165) is 11.3 Å². The highest BCUT2D eigenvalue weighted by atomic mass is 19.1. The van der Waals surface area contributed by atoms with Gasteiger partial charge in [0.05, 0.1) is 11.9 Å². The van der Waals surface area contributed by atoms with Crippen LogP contribution in [0.5, 0.6) is 0 Å². The maximum absolute atomic E-state index is 13.1. The van der Waals surface area contributed by atoms with Crippen molar-refractivity contribution in [2.24, 2.45) is 0 Å². The Bertz CT molecular complexity index is 885. The van der Waals surface area contributed by atoms with Gasteiger partial charge in [-0.05, 0) is 42.8 Å². The Kier molecular flexibility index (Phi) is 4.52. The second-order valence-corrected chi connectivity index (χ2v) is 5.30. The number of nitrogens with zero attached hydrogens (tertiary/aromatic N) is 2. The van der Waals surface area contributed by atoms with Crippen LogP contribution in [0.3, 0.4) is 0 Å². The van der Waals surface area contributed by atoms with Crippen molar-refractivity contribution in [2.45, 2.75) is 6.92 Å². The highest BCUT2D eigenvalue weighted by Crippen LogP contribution is 2.19. The molecule has 3 rings (SSSR count). The number of nitrogens with one attached hydrogen (secondary N) is 1. The first-order chi connectivity index (χ1) is 11.6. The van der Waals surface area contributed by atoms with Gasteiger partial charge in [-0.25, -0.2) is 9.07 Å². The molecule has 0 aliphatic rings. The predicted molar refractivity (Wildman–Crippen MR) is 92.4 cm³/mol. The standard InChI is InChI=1S/C19H16FN3O/c1-14-13-21-23(17-8-3-2-4-9-17)19(14)22-18(24)11-10-15-6-5-7-16(20)12-15/h2-13H,1H3,(H,22,24). The van der Waals surface area contributed by atoms with Crippen molar-refractivity contribution < 1.29 is 9.18 Å². The number of aryl methyl sites for hydroxylation is 1. The van der Waals surface area contributed by atoms with Gasteiger partial charge in [0.1, 0.15) is 11.6 Å². The molecule has 1 heterocycles. The zero-order chi connectivity index (χ0) is 16.9. The third kappa shape index (κ3) is 3.57. The molecule has 0 spiro atoms. The molecule has 3 aromatic rings. The molecule has 0 atom stereocenters. The average Bonchev–Trinajstić information content (AvgIpc) is 2.95. The minimum atomic E-state index is -0.337. The van der Waals surface area contributed by atoms with Crippen molar-refractivity contribution >= 4 is 17.8 Å². The summed E-state index contributed by atoms with van der Waals surface area (Å²) >= 11 is 0. The van der Waals surface area contributed by atoms with Crippen molar-refractivity contribution in [1.82, 2.24) is 9.78 Å². The van der Waals surface area contributed by atoms with E-state index < -0.39 is 0 Å². The number of aromatic nitrogens is 2. The molecule has 24 heavy (non-hydrogen) atoms. The smallest absolute Gasteiger partial charge is 0.249 e. The Morgan fingerprint density at radius 2 is 1.96 bits per heavy atom. The Morgan fingerprint density at radius 3 is 2.71 bits per heavy atom. The van der Waals surface area contributed by atoms with Gasteiger partial charge >= 0.3 is 0 Å². The van der Waals surface area contributed by atoms with Gasteiger partial charge in [0.2, 0.25) is 5.91 Å². The van der Waals surface area contributed by atoms with Crippen LogP contribution in [0.2, 0.25) is 0 Å². The zero-order valence-corrected chi connectivity index (χ0v) is 13.1. The molecule has 0 saturated heterocycles. The van der Waals surface area contributed by atoms with Crippen LogP contribution in [0.15, 0.2) is 66.9 Å². The molecule has 0 aliphatic carbocycles. The lowest BCUT2D eigenvalue weighted by atomic mass is 10.2. The quantitative estimate of drug-likeness (QED) is 0.739. The largest absolute Gasteiger partial charge is 0.307 e. The highest BCUT2D eigenvalue weighted by Gasteiger charge is 2.10. The van der Waals surface area contributed by atoms with Gasteiger partial charge in [-0.1, -0.05) is 30.3 Å². The van der Waals surface area contributed by atoms with Crippen LogP contribution in [-0.4, -0.2) is 15.7 Å². The van der Waals surface area contributed by atoms with E-state index in [1.165, 1.54) is 18.2 Å². The maximum atomic E-state index is 13.1. The van der Waals surface area contributed by atoms with Gasteiger partial charge in [-0.3, -0.25) is 4.79 Å². The minimum absolute atomic E-state index is 0.306. The van der Waals surface area contributed by atoms with Crippen molar-refractivity contribution in [3.8, 4) is 5.69 Å². The fourth-order valence-electron chi connectivity index (χ4n) is 2.29. The Hall–Kier alpha value is -3.21. The number of para-hydroxylation sites is 1. The first-order valence-corrected chi connectivity index (χ1v) is 7.48. The molecule has 0 bridgehead atoms. The Balaban J connectivity index is 1.79. The lowest BCUT2D eigenvalue weighted by Crippen LogP contribution is -2.13. The third-order valence-corrected chi connectivity index (χ3v) is 3.47. The number of hydrogen-bond donors (Lipinski definition) is 1. The summed E-state index contributed by atoms with van der Waals surface area (Å²) in [5, 5.41) is 7.12. The summed E-state index contributed by atoms with van der Waals surface area (Å²) in [7, 11) is 0. The molecular weight excluding hydrogens is 305 g/mol. The van der Waals surface area contributed by atoms with Crippen LogP contribution in [0.1, 0.15) is 11.1 Å². The van der Waals surface area contributed by atoms with Crippen molar-refractivity contribution in [3.05, 3.63) is 83.8 Å². The molecule has 1 N–H and O–H groups in total. The van der Waals surface area contributed by atoms with Crippen LogP contribution in [-0.2, 0) is 4.79 Å². The van der Waals surface area contributed by atoms with Crippen LogP contribution in [0.4, 0.5) is 10.2 Å². The number of amides is 1. The second kappa shape index (κ2) is 6.91. The van der Waals surface area contributed by atoms with E-state index in [1.54, 1.807) is 29.1 Å². The molecule has 2 aromatic carbocycles. The van der Waals surface area contributed by atoms with E-state index in [0.29, 0.717) is 11.4 Å². The highest BCUT2D eigenvalue weighted by molar-refractivity contribution is 6.02. The number of hydrogen-bond acceptors (Lipinski definition) is 2. The van der Waals surface area contributed by atoms with E-state index in [2.05, 4.69) is 10.4 Å². The fraction of sp³-hybridized carbons (Fsp3) is 0.0526. The van der Waals surface area contributed by atoms with Crippen LogP contribution >= 0.6 is 0 Å². The molecule has 0 saturated carbocycles. The molecule has 1 aromatic heterocycles. The summed E-state index contributed by atoms with van der Waals surface area (Å²) in [6.07, 6.45) is 4.63. The molecule has 0 radical (unpaired) electrons. The van der Waals surface area contributed by atoms with Gasteiger partial charge < -0.3 is 5.32 Å².